The maximum atomic E-state index is 12.2. The molecule has 0 aliphatic carbocycles. The summed E-state index contributed by atoms with van der Waals surface area (Å²) in [5.74, 6) is -0.149. The lowest BCUT2D eigenvalue weighted by Crippen LogP contribution is -2.10. The monoisotopic (exact) mass is 324 g/mol. The molecule has 0 aliphatic rings. The highest BCUT2D eigenvalue weighted by Crippen LogP contribution is 2.20. The molecule has 0 aliphatic heterocycles. The highest BCUT2D eigenvalue weighted by molar-refractivity contribution is 5.88. The minimum absolute atomic E-state index is 0.0333. The van der Waals surface area contributed by atoms with Crippen molar-refractivity contribution in [3.63, 3.8) is 0 Å². The molecule has 0 radical (unpaired) electrons. The second kappa shape index (κ2) is 7.00. The van der Waals surface area contributed by atoms with Crippen molar-refractivity contribution in [1.29, 1.82) is 0 Å². The van der Waals surface area contributed by atoms with E-state index in [4.69, 9.17) is 13.9 Å². The van der Waals surface area contributed by atoms with Crippen LogP contribution in [0.1, 0.15) is 23.0 Å². The normalized spacial score (nSPS) is 10.5. The molecule has 0 spiro atoms. The van der Waals surface area contributed by atoms with Gasteiger partial charge < -0.3 is 13.9 Å². The molecule has 5 nitrogen and oxygen atoms in total. The zero-order valence-corrected chi connectivity index (χ0v) is 13.2. The van der Waals surface area contributed by atoms with Crippen LogP contribution in [0.15, 0.2) is 63.8 Å². The Labute approximate surface area is 138 Å². The summed E-state index contributed by atoms with van der Waals surface area (Å²) >= 11 is 0. The zero-order chi connectivity index (χ0) is 16.9. The zero-order valence-electron chi connectivity index (χ0n) is 13.2. The molecule has 0 saturated heterocycles. The number of carbonyl (C=O) groups is 1. The molecular formula is C19H16O5. The lowest BCUT2D eigenvalue weighted by atomic mass is 10.2. The van der Waals surface area contributed by atoms with Crippen molar-refractivity contribution in [2.45, 2.75) is 13.5 Å². The maximum Gasteiger partial charge on any atom is 0.374 e. The van der Waals surface area contributed by atoms with Gasteiger partial charge in [-0.05, 0) is 25.1 Å². The van der Waals surface area contributed by atoms with Crippen LogP contribution in [-0.2, 0) is 11.3 Å². The summed E-state index contributed by atoms with van der Waals surface area (Å²) in [6.45, 7) is 2.43. The number of carbonyl (C=O) groups excluding carboxylic acids is 1. The van der Waals surface area contributed by atoms with Crippen molar-refractivity contribution in [3.05, 3.63) is 76.1 Å². The number of hydrogen-bond donors (Lipinski definition) is 0. The first-order chi connectivity index (χ1) is 11.7. The van der Waals surface area contributed by atoms with Gasteiger partial charge in [-0.25, -0.2) is 4.79 Å². The predicted molar refractivity (Wildman–Crippen MR) is 89.2 cm³/mol. The Morgan fingerprint density at radius 3 is 2.67 bits per heavy atom. The number of benzene rings is 2. The number of rotatable bonds is 5. The molecule has 1 heterocycles. The smallest absolute Gasteiger partial charge is 0.374 e. The quantitative estimate of drug-likeness (QED) is 0.672. The van der Waals surface area contributed by atoms with Crippen molar-refractivity contribution in [3.8, 4) is 5.75 Å². The third-order valence-corrected chi connectivity index (χ3v) is 3.47. The first-order valence-corrected chi connectivity index (χ1v) is 7.59. The Hall–Kier alpha value is -3.08. The first kappa shape index (κ1) is 15.8. The highest BCUT2D eigenvalue weighted by atomic mass is 16.5. The van der Waals surface area contributed by atoms with E-state index in [9.17, 15) is 9.59 Å². The second-order valence-electron chi connectivity index (χ2n) is 5.09. The molecule has 122 valence electrons. The number of para-hydroxylation sites is 2. The Bertz CT molecular complexity index is 926. The van der Waals surface area contributed by atoms with Crippen molar-refractivity contribution in [2.75, 3.05) is 6.61 Å². The average Bonchev–Trinajstić information content (AvgIpc) is 2.61. The van der Waals surface area contributed by atoms with Gasteiger partial charge in [0.1, 0.15) is 17.9 Å². The van der Waals surface area contributed by atoms with Gasteiger partial charge in [-0.15, -0.1) is 0 Å². The molecule has 0 bridgehead atoms. The van der Waals surface area contributed by atoms with Gasteiger partial charge in [-0.3, -0.25) is 4.79 Å². The van der Waals surface area contributed by atoms with E-state index in [1.165, 1.54) is 0 Å². The standard InChI is InChI=1S/C19H16O5/c1-2-22-16-9-5-3-7-13(16)12-23-19(21)18-11-15(20)14-8-4-6-10-17(14)24-18/h3-11H,2,12H2,1H3. The van der Waals surface area contributed by atoms with E-state index in [-0.39, 0.29) is 17.8 Å². The van der Waals surface area contributed by atoms with Gasteiger partial charge >= 0.3 is 5.97 Å². The summed E-state index contributed by atoms with van der Waals surface area (Å²) in [7, 11) is 0. The Morgan fingerprint density at radius 2 is 1.83 bits per heavy atom. The van der Waals surface area contributed by atoms with Gasteiger partial charge in [0.05, 0.1) is 12.0 Å². The van der Waals surface area contributed by atoms with E-state index in [0.717, 1.165) is 11.6 Å². The lowest BCUT2D eigenvalue weighted by Gasteiger charge is -2.10. The van der Waals surface area contributed by atoms with E-state index >= 15 is 0 Å². The third kappa shape index (κ3) is 3.30. The van der Waals surface area contributed by atoms with Crippen LogP contribution in [-0.4, -0.2) is 12.6 Å². The van der Waals surface area contributed by atoms with Gasteiger partial charge in [0, 0.05) is 11.6 Å². The summed E-state index contributed by atoms with van der Waals surface area (Å²) in [6.07, 6.45) is 0. The van der Waals surface area contributed by atoms with Crippen LogP contribution < -0.4 is 10.2 Å². The molecule has 3 aromatic rings. The topological polar surface area (TPSA) is 65.7 Å². The average molecular weight is 324 g/mol. The summed E-state index contributed by atoms with van der Waals surface area (Å²) < 4.78 is 16.2. The van der Waals surface area contributed by atoms with Crippen LogP contribution in [0.5, 0.6) is 5.75 Å². The van der Waals surface area contributed by atoms with Gasteiger partial charge in [0.25, 0.3) is 0 Å². The summed E-state index contributed by atoms with van der Waals surface area (Å²) in [5, 5.41) is 0.427. The molecule has 1 aromatic heterocycles. The molecule has 0 N–H and O–H groups in total. The maximum absolute atomic E-state index is 12.2. The van der Waals surface area contributed by atoms with Gasteiger partial charge in [0.2, 0.25) is 5.76 Å². The number of esters is 1. The van der Waals surface area contributed by atoms with Gasteiger partial charge in [0.15, 0.2) is 5.43 Å². The lowest BCUT2D eigenvalue weighted by molar-refractivity contribution is 0.0433. The van der Waals surface area contributed by atoms with E-state index in [1.807, 2.05) is 31.2 Å². The molecule has 0 amide bonds. The Morgan fingerprint density at radius 1 is 1.08 bits per heavy atom. The number of fused-ring (bicyclic) bond motifs is 1. The van der Waals surface area contributed by atoms with E-state index < -0.39 is 5.97 Å². The van der Waals surface area contributed by atoms with E-state index in [2.05, 4.69) is 0 Å². The molecule has 0 unspecified atom stereocenters. The van der Waals surface area contributed by atoms with E-state index in [1.54, 1.807) is 24.3 Å². The fraction of sp³-hybridized carbons (Fsp3) is 0.158. The second-order valence-corrected chi connectivity index (χ2v) is 5.09. The van der Waals surface area contributed by atoms with Crippen LogP contribution in [0.3, 0.4) is 0 Å². The van der Waals surface area contributed by atoms with Gasteiger partial charge in [-0.2, -0.15) is 0 Å². The summed E-state index contributed by atoms with van der Waals surface area (Å²) in [4.78, 5) is 24.2. The molecule has 2 aromatic carbocycles. The van der Waals surface area contributed by atoms with Crippen molar-refractivity contribution >= 4 is 16.9 Å². The van der Waals surface area contributed by atoms with Crippen molar-refractivity contribution in [2.24, 2.45) is 0 Å². The first-order valence-electron chi connectivity index (χ1n) is 7.59. The fourth-order valence-corrected chi connectivity index (χ4v) is 2.34. The summed E-state index contributed by atoms with van der Waals surface area (Å²) in [5.41, 5.74) is 0.820. The number of hydrogen-bond acceptors (Lipinski definition) is 5. The molecule has 3 rings (SSSR count). The van der Waals surface area contributed by atoms with E-state index in [0.29, 0.717) is 23.3 Å². The molecule has 0 atom stereocenters. The number of ether oxygens (including phenoxy) is 2. The van der Waals surface area contributed by atoms with Crippen LogP contribution in [0.2, 0.25) is 0 Å². The minimum Gasteiger partial charge on any atom is -0.493 e. The summed E-state index contributed by atoms with van der Waals surface area (Å²) in [6, 6.07) is 15.2. The van der Waals surface area contributed by atoms with Gasteiger partial charge in [-0.1, -0.05) is 30.3 Å². The highest BCUT2D eigenvalue weighted by Gasteiger charge is 2.14. The molecular weight excluding hydrogens is 308 g/mol. The van der Waals surface area contributed by atoms with Crippen LogP contribution in [0.4, 0.5) is 0 Å². The predicted octanol–water partition coefficient (Wildman–Crippen LogP) is 3.55. The van der Waals surface area contributed by atoms with Crippen molar-refractivity contribution < 1.29 is 18.7 Å². The SMILES string of the molecule is CCOc1ccccc1COC(=O)c1cc(=O)c2ccccc2o1. The van der Waals surface area contributed by atoms with Crippen molar-refractivity contribution in [1.82, 2.24) is 0 Å². The molecule has 24 heavy (non-hydrogen) atoms. The van der Waals surface area contributed by atoms with Crippen LogP contribution in [0.25, 0.3) is 11.0 Å². The van der Waals surface area contributed by atoms with Crippen LogP contribution >= 0.6 is 0 Å². The molecule has 5 heteroatoms. The molecule has 0 fully saturated rings. The Kier molecular flexibility index (Phi) is 4.61. The largest absolute Gasteiger partial charge is 0.493 e. The minimum atomic E-state index is -0.691. The molecule has 0 saturated carbocycles. The van der Waals surface area contributed by atoms with Crippen LogP contribution in [0, 0.1) is 0 Å². The third-order valence-electron chi connectivity index (χ3n) is 3.47. The fourth-order valence-electron chi connectivity index (χ4n) is 2.34. The Balaban J connectivity index is 1.80.